The molecule has 0 saturated heterocycles. The quantitative estimate of drug-likeness (QED) is 0.907. The zero-order chi connectivity index (χ0) is 15.4. The summed E-state index contributed by atoms with van der Waals surface area (Å²) in [5.41, 5.74) is 1.45. The molecule has 1 aromatic heterocycles. The molecule has 0 bridgehead atoms. The van der Waals surface area contributed by atoms with Crippen molar-refractivity contribution in [1.82, 2.24) is 4.98 Å². The SMILES string of the molecule is COc1cc(C(=O)Nc2c[nH]ccc2=O)ccc1C(C)C. The van der Waals surface area contributed by atoms with Crippen LogP contribution in [0.15, 0.2) is 41.5 Å². The third-order valence-electron chi connectivity index (χ3n) is 3.19. The summed E-state index contributed by atoms with van der Waals surface area (Å²) >= 11 is 0. The van der Waals surface area contributed by atoms with Crippen molar-refractivity contribution in [2.75, 3.05) is 12.4 Å². The van der Waals surface area contributed by atoms with Crippen LogP contribution < -0.4 is 15.5 Å². The van der Waals surface area contributed by atoms with Gasteiger partial charge in [-0.05, 0) is 23.6 Å². The topological polar surface area (TPSA) is 71.2 Å². The van der Waals surface area contributed by atoms with Gasteiger partial charge in [-0.1, -0.05) is 19.9 Å². The number of rotatable bonds is 4. The van der Waals surface area contributed by atoms with Crippen LogP contribution >= 0.6 is 0 Å². The first-order chi connectivity index (χ1) is 10.0. The second-order valence-electron chi connectivity index (χ2n) is 4.99. The van der Waals surface area contributed by atoms with E-state index in [9.17, 15) is 9.59 Å². The standard InChI is InChI=1S/C16H18N2O3/c1-10(2)12-5-4-11(8-15(12)21-3)16(20)18-13-9-17-7-6-14(13)19/h4-10H,1-3H3,(H,17,19)(H,18,20). The van der Waals surface area contributed by atoms with Gasteiger partial charge < -0.3 is 15.0 Å². The molecular weight excluding hydrogens is 268 g/mol. The number of aromatic nitrogens is 1. The first-order valence-electron chi connectivity index (χ1n) is 6.69. The molecule has 5 nitrogen and oxygen atoms in total. The van der Waals surface area contributed by atoms with Gasteiger partial charge in [0.2, 0.25) is 5.43 Å². The molecule has 2 rings (SSSR count). The van der Waals surface area contributed by atoms with Crippen LogP contribution in [-0.4, -0.2) is 18.0 Å². The number of ether oxygens (including phenoxy) is 1. The second-order valence-corrected chi connectivity index (χ2v) is 4.99. The Bertz CT molecular complexity index is 705. The number of H-pyrrole nitrogens is 1. The number of amides is 1. The van der Waals surface area contributed by atoms with E-state index in [1.807, 2.05) is 6.07 Å². The van der Waals surface area contributed by atoms with E-state index in [4.69, 9.17) is 4.74 Å². The molecule has 0 saturated carbocycles. The van der Waals surface area contributed by atoms with Gasteiger partial charge in [0.05, 0.1) is 7.11 Å². The molecule has 1 aromatic carbocycles. The molecule has 0 spiro atoms. The molecule has 1 amide bonds. The highest BCUT2D eigenvalue weighted by Crippen LogP contribution is 2.27. The number of carbonyl (C=O) groups is 1. The van der Waals surface area contributed by atoms with Crippen molar-refractivity contribution in [3.63, 3.8) is 0 Å². The Kier molecular flexibility index (Phi) is 4.42. The molecule has 110 valence electrons. The lowest BCUT2D eigenvalue weighted by Crippen LogP contribution is -2.18. The lowest BCUT2D eigenvalue weighted by molar-refractivity contribution is 0.102. The van der Waals surface area contributed by atoms with Crippen LogP contribution in [0.2, 0.25) is 0 Å². The molecule has 2 N–H and O–H groups in total. The highest BCUT2D eigenvalue weighted by molar-refractivity contribution is 6.04. The van der Waals surface area contributed by atoms with Crippen LogP contribution in [-0.2, 0) is 0 Å². The number of anilines is 1. The maximum atomic E-state index is 12.2. The van der Waals surface area contributed by atoms with Crippen molar-refractivity contribution in [3.8, 4) is 5.75 Å². The maximum absolute atomic E-state index is 12.2. The molecular formula is C16H18N2O3. The van der Waals surface area contributed by atoms with Crippen LogP contribution in [0.1, 0.15) is 35.7 Å². The number of benzene rings is 1. The minimum absolute atomic E-state index is 0.217. The molecule has 21 heavy (non-hydrogen) atoms. The van der Waals surface area contributed by atoms with E-state index in [0.29, 0.717) is 17.2 Å². The Balaban J connectivity index is 2.28. The minimum atomic E-state index is -0.347. The zero-order valence-electron chi connectivity index (χ0n) is 12.3. The number of methoxy groups -OCH3 is 1. The van der Waals surface area contributed by atoms with Crippen LogP contribution in [0.5, 0.6) is 5.75 Å². The monoisotopic (exact) mass is 286 g/mol. The fourth-order valence-corrected chi connectivity index (χ4v) is 2.04. The van der Waals surface area contributed by atoms with E-state index in [2.05, 4.69) is 24.1 Å². The van der Waals surface area contributed by atoms with Crippen LogP contribution in [0.3, 0.4) is 0 Å². The van der Waals surface area contributed by atoms with Crippen LogP contribution in [0.25, 0.3) is 0 Å². The number of aromatic amines is 1. The Hall–Kier alpha value is -2.56. The van der Waals surface area contributed by atoms with E-state index in [1.165, 1.54) is 18.5 Å². The summed E-state index contributed by atoms with van der Waals surface area (Å²) in [6.07, 6.45) is 2.97. The highest BCUT2D eigenvalue weighted by Gasteiger charge is 2.13. The number of pyridine rings is 1. The zero-order valence-corrected chi connectivity index (χ0v) is 12.3. The predicted molar refractivity (Wildman–Crippen MR) is 82.1 cm³/mol. The van der Waals surface area contributed by atoms with E-state index in [-0.39, 0.29) is 17.0 Å². The van der Waals surface area contributed by atoms with Crippen LogP contribution in [0, 0.1) is 0 Å². The fraction of sp³-hybridized carbons (Fsp3) is 0.250. The Morgan fingerprint density at radius 2 is 2.05 bits per heavy atom. The summed E-state index contributed by atoms with van der Waals surface area (Å²) in [6.45, 7) is 4.11. The van der Waals surface area contributed by atoms with Gasteiger partial charge >= 0.3 is 0 Å². The first kappa shape index (κ1) is 14.8. The number of hydrogen-bond acceptors (Lipinski definition) is 3. The third-order valence-corrected chi connectivity index (χ3v) is 3.19. The third kappa shape index (κ3) is 3.31. The highest BCUT2D eigenvalue weighted by atomic mass is 16.5. The van der Waals surface area contributed by atoms with Crippen molar-refractivity contribution in [3.05, 3.63) is 58.0 Å². The van der Waals surface area contributed by atoms with Gasteiger partial charge in [-0.3, -0.25) is 9.59 Å². The van der Waals surface area contributed by atoms with Gasteiger partial charge in [-0.2, -0.15) is 0 Å². The van der Waals surface area contributed by atoms with Crippen molar-refractivity contribution >= 4 is 11.6 Å². The van der Waals surface area contributed by atoms with Gasteiger partial charge in [-0.15, -0.1) is 0 Å². The molecule has 0 unspecified atom stereocenters. The molecule has 0 aliphatic carbocycles. The molecule has 5 heteroatoms. The van der Waals surface area contributed by atoms with E-state index in [0.717, 1.165) is 5.56 Å². The summed E-state index contributed by atoms with van der Waals surface area (Å²) in [5.74, 6) is 0.619. The smallest absolute Gasteiger partial charge is 0.255 e. The molecule has 0 atom stereocenters. The Labute approximate surface area is 123 Å². The van der Waals surface area contributed by atoms with Crippen molar-refractivity contribution < 1.29 is 9.53 Å². The second kappa shape index (κ2) is 6.26. The van der Waals surface area contributed by atoms with Crippen molar-refractivity contribution in [1.29, 1.82) is 0 Å². The molecule has 0 aliphatic rings. The first-order valence-corrected chi connectivity index (χ1v) is 6.69. The summed E-state index contributed by atoms with van der Waals surface area (Å²) in [4.78, 5) is 26.6. The largest absolute Gasteiger partial charge is 0.496 e. The van der Waals surface area contributed by atoms with Gasteiger partial charge in [0.25, 0.3) is 5.91 Å². The maximum Gasteiger partial charge on any atom is 0.255 e. The average molecular weight is 286 g/mol. The van der Waals surface area contributed by atoms with Gasteiger partial charge in [0.15, 0.2) is 0 Å². The molecule has 0 aliphatic heterocycles. The van der Waals surface area contributed by atoms with E-state index < -0.39 is 0 Å². The Morgan fingerprint density at radius 3 is 2.67 bits per heavy atom. The normalized spacial score (nSPS) is 10.5. The fourth-order valence-electron chi connectivity index (χ4n) is 2.04. The number of hydrogen-bond donors (Lipinski definition) is 2. The van der Waals surface area contributed by atoms with Crippen molar-refractivity contribution in [2.45, 2.75) is 19.8 Å². The average Bonchev–Trinajstić information content (AvgIpc) is 2.48. The summed E-state index contributed by atoms with van der Waals surface area (Å²) in [5, 5.41) is 2.59. The van der Waals surface area contributed by atoms with Gasteiger partial charge in [0, 0.05) is 24.0 Å². The molecule has 1 heterocycles. The summed E-state index contributed by atoms with van der Waals surface area (Å²) in [7, 11) is 1.57. The van der Waals surface area contributed by atoms with Gasteiger partial charge in [0.1, 0.15) is 11.4 Å². The Morgan fingerprint density at radius 1 is 1.29 bits per heavy atom. The molecule has 0 fully saturated rings. The van der Waals surface area contributed by atoms with E-state index in [1.54, 1.807) is 19.2 Å². The summed E-state index contributed by atoms with van der Waals surface area (Å²) in [6, 6.07) is 6.64. The molecule has 0 radical (unpaired) electrons. The number of nitrogens with one attached hydrogen (secondary N) is 2. The van der Waals surface area contributed by atoms with Crippen molar-refractivity contribution in [2.24, 2.45) is 0 Å². The predicted octanol–water partition coefficient (Wildman–Crippen LogP) is 2.76. The van der Waals surface area contributed by atoms with Crippen LogP contribution in [0.4, 0.5) is 5.69 Å². The number of carbonyl (C=O) groups excluding carboxylic acids is 1. The molecule has 2 aromatic rings. The minimum Gasteiger partial charge on any atom is -0.496 e. The van der Waals surface area contributed by atoms with E-state index >= 15 is 0 Å². The summed E-state index contributed by atoms with van der Waals surface area (Å²) < 4.78 is 5.32. The van der Waals surface area contributed by atoms with Gasteiger partial charge in [-0.25, -0.2) is 0 Å². The lowest BCUT2D eigenvalue weighted by atomic mass is 10.00. The lowest BCUT2D eigenvalue weighted by Gasteiger charge is -2.13.